The number of hydrogen-bond donors (Lipinski definition) is 0. The van der Waals surface area contributed by atoms with Crippen LogP contribution in [0.4, 0.5) is 5.69 Å². The Morgan fingerprint density at radius 1 is 1.22 bits per heavy atom. The molecule has 0 radical (unpaired) electrons. The number of anilines is 1. The van der Waals surface area contributed by atoms with Gasteiger partial charge in [-0.2, -0.15) is 5.10 Å². The Morgan fingerprint density at radius 3 is 2.85 bits per heavy atom. The quantitative estimate of drug-likeness (QED) is 0.716. The van der Waals surface area contributed by atoms with Crippen LogP contribution in [-0.2, 0) is 11.2 Å². The third kappa shape index (κ3) is 3.18. The summed E-state index contributed by atoms with van der Waals surface area (Å²) in [7, 11) is 0. The van der Waals surface area contributed by atoms with Crippen LogP contribution in [0.1, 0.15) is 30.5 Å². The molecule has 138 valence electrons. The van der Waals surface area contributed by atoms with E-state index in [9.17, 15) is 9.59 Å². The zero-order chi connectivity index (χ0) is 19.0. The van der Waals surface area contributed by atoms with Crippen molar-refractivity contribution in [1.29, 1.82) is 0 Å². The number of amides is 1. The number of aryl methyl sites for hydroxylation is 2. The van der Waals surface area contributed by atoms with Crippen LogP contribution in [0, 0.1) is 6.92 Å². The summed E-state index contributed by atoms with van der Waals surface area (Å²) in [5.41, 5.74) is 3.49. The van der Waals surface area contributed by atoms with E-state index in [1.807, 2.05) is 19.1 Å². The van der Waals surface area contributed by atoms with Gasteiger partial charge in [0.15, 0.2) is 5.76 Å². The minimum absolute atomic E-state index is 0.133. The summed E-state index contributed by atoms with van der Waals surface area (Å²) in [5.74, 6) is 0.424. The van der Waals surface area contributed by atoms with E-state index in [-0.39, 0.29) is 11.5 Å². The van der Waals surface area contributed by atoms with Crippen LogP contribution >= 0.6 is 0 Å². The molecule has 0 N–H and O–H groups in total. The van der Waals surface area contributed by atoms with Gasteiger partial charge in [0.05, 0.1) is 6.26 Å². The average Bonchev–Trinajstić information content (AvgIpc) is 3.21. The van der Waals surface area contributed by atoms with Crippen LogP contribution in [0.25, 0.3) is 11.5 Å². The molecular weight excluding hydrogens is 342 g/mol. The molecule has 6 heteroatoms. The van der Waals surface area contributed by atoms with Gasteiger partial charge in [0.25, 0.3) is 11.5 Å². The second-order valence-electron chi connectivity index (χ2n) is 6.88. The van der Waals surface area contributed by atoms with Gasteiger partial charge >= 0.3 is 0 Å². The predicted molar refractivity (Wildman–Crippen MR) is 103 cm³/mol. The first-order chi connectivity index (χ1) is 13.0. The van der Waals surface area contributed by atoms with Crippen molar-refractivity contribution in [2.24, 2.45) is 0 Å². The van der Waals surface area contributed by atoms with Gasteiger partial charge in [0.1, 0.15) is 11.7 Å². The van der Waals surface area contributed by atoms with E-state index in [0.29, 0.717) is 18.0 Å². The number of furan rings is 1. The molecule has 0 fully saturated rings. The standard InChI is InChI=1S/C21H21N3O3/c1-14-7-9-18-16(13-14)5-3-11-23(18)21(26)15(2)24-20(25)10-8-17(22-24)19-6-4-12-27-19/h4,6-10,12-13,15H,3,5,11H2,1-2H3. The number of carbonyl (C=O) groups excluding carboxylic acids is 1. The van der Waals surface area contributed by atoms with E-state index in [1.54, 1.807) is 36.3 Å². The Kier molecular flexibility index (Phi) is 4.39. The molecule has 3 aromatic rings. The van der Waals surface area contributed by atoms with Crippen molar-refractivity contribution >= 4 is 11.6 Å². The van der Waals surface area contributed by atoms with Gasteiger partial charge in [-0.15, -0.1) is 0 Å². The molecule has 6 nitrogen and oxygen atoms in total. The van der Waals surface area contributed by atoms with Crippen molar-refractivity contribution < 1.29 is 9.21 Å². The highest BCUT2D eigenvalue weighted by atomic mass is 16.3. The lowest BCUT2D eigenvalue weighted by Crippen LogP contribution is -2.42. The monoisotopic (exact) mass is 363 g/mol. The Morgan fingerprint density at radius 2 is 2.07 bits per heavy atom. The third-order valence-corrected chi connectivity index (χ3v) is 4.94. The summed E-state index contributed by atoms with van der Waals surface area (Å²) in [5, 5.41) is 4.36. The number of rotatable bonds is 3. The van der Waals surface area contributed by atoms with E-state index < -0.39 is 6.04 Å². The summed E-state index contributed by atoms with van der Waals surface area (Å²) in [6.07, 6.45) is 3.42. The third-order valence-electron chi connectivity index (χ3n) is 4.94. The van der Waals surface area contributed by atoms with Crippen LogP contribution in [0.15, 0.2) is 57.9 Å². The first-order valence-electron chi connectivity index (χ1n) is 9.09. The molecule has 0 saturated heterocycles. The van der Waals surface area contributed by atoms with Crippen LogP contribution in [0.2, 0.25) is 0 Å². The second kappa shape index (κ2) is 6.87. The van der Waals surface area contributed by atoms with Gasteiger partial charge in [0, 0.05) is 18.3 Å². The lowest BCUT2D eigenvalue weighted by molar-refractivity contribution is -0.121. The van der Waals surface area contributed by atoms with Crippen molar-refractivity contribution in [2.45, 2.75) is 32.7 Å². The first kappa shape index (κ1) is 17.3. The molecule has 1 unspecified atom stereocenters. The minimum atomic E-state index is -0.709. The highest BCUT2D eigenvalue weighted by Crippen LogP contribution is 2.29. The van der Waals surface area contributed by atoms with Crippen molar-refractivity contribution in [3.63, 3.8) is 0 Å². The number of nitrogens with zero attached hydrogens (tertiary/aromatic N) is 3. The van der Waals surface area contributed by atoms with Crippen LogP contribution in [0.5, 0.6) is 0 Å². The molecule has 1 atom stereocenters. The fourth-order valence-corrected chi connectivity index (χ4v) is 3.54. The predicted octanol–water partition coefficient (Wildman–Crippen LogP) is 3.35. The molecule has 2 aromatic heterocycles. The maximum atomic E-state index is 13.2. The summed E-state index contributed by atoms with van der Waals surface area (Å²) in [4.78, 5) is 27.3. The number of benzene rings is 1. The molecule has 4 rings (SSSR count). The zero-order valence-corrected chi connectivity index (χ0v) is 15.4. The van der Waals surface area contributed by atoms with Gasteiger partial charge in [-0.25, -0.2) is 4.68 Å². The Labute approximate surface area is 157 Å². The van der Waals surface area contributed by atoms with Gasteiger partial charge < -0.3 is 9.32 Å². The zero-order valence-electron chi connectivity index (χ0n) is 15.4. The lowest BCUT2D eigenvalue weighted by Gasteiger charge is -2.31. The smallest absolute Gasteiger partial charge is 0.267 e. The average molecular weight is 363 g/mol. The number of carbonyl (C=O) groups is 1. The second-order valence-corrected chi connectivity index (χ2v) is 6.88. The van der Waals surface area contributed by atoms with Crippen LogP contribution in [-0.4, -0.2) is 22.2 Å². The number of fused-ring (bicyclic) bond motifs is 1. The van der Waals surface area contributed by atoms with E-state index in [2.05, 4.69) is 11.2 Å². The van der Waals surface area contributed by atoms with E-state index >= 15 is 0 Å². The molecule has 27 heavy (non-hydrogen) atoms. The summed E-state index contributed by atoms with van der Waals surface area (Å²) < 4.78 is 6.59. The Balaban J connectivity index is 1.68. The van der Waals surface area contributed by atoms with E-state index in [1.165, 1.54) is 21.9 Å². The van der Waals surface area contributed by atoms with Crippen molar-refractivity contribution in [2.75, 3.05) is 11.4 Å². The van der Waals surface area contributed by atoms with Gasteiger partial charge in [-0.3, -0.25) is 9.59 Å². The molecule has 1 aromatic carbocycles. The summed E-state index contributed by atoms with van der Waals surface area (Å²) in [6, 6.07) is 12.0. The van der Waals surface area contributed by atoms with Crippen molar-refractivity contribution in [3.05, 3.63) is 70.2 Å². The number of hydrogen-bond acceptors (Lipinski definition) is 4. The lowest BCUT2D eigenvalue weighted by atomic mass is 9.99. The minimum Gasteiger partial charge on any atom is -0.463 e. The normalized spacial score (nSPS) is 14.7. The molecule has 0 saturated carbocycles. The highest BCUT2D eigenvalue weighted by molar-refractivity contribution is 5.97. The van der Waals surface area contributed by atoms with Gasteiger partial charge in [0.2, 0.25) is 0 Å². The molecule has 3 heterocycles. The first-order valence-corrected chi connectivity index (χ1v) is 9.09. The maximum absolute atomic E-state index is 13.2. The number of aromatic nitrogens is 2. The topological polar surface area (TPSA) is 68.3 Å². The van der Waals surface area contributed by atoms with Crippen molar-refractivity contribution in [1.82, 2.24) is 9.78 Å². The van der Waals surface area contributed by atoms with Gasteiger partial charge in [-0.1, -0.05) is 17.7 Å². The van der Waals surface area contributed by atoms with E-state index in [4.69, 9.17) is 4.42 Å². The molecule has 0 aliphatic carbocycles. The fourth-order valence-electron chi connectivity index (χ4n) is 3.54. The van der Waals surface area contributed by atoms with Crippen LogP contribution < -0.4 is 10.5 Å². The SMILES string of the molecule is Cc1ccc2c(c1)CCCN2C(=O)C(C)n1nc(-c2ccco2)ccc1=O. The molecule has 1 amide bonds. The largest absolute Gasteiger partial charge is 0.463 e. The summed E-state index contributed by atoms with van der Waals surface area (Å²) in [6.45, 7) is 4.41. The molecule has 0 spiro atoms. The fraction of sp³-hybridized carbons (Fsp3) is 0.286. The van der Waals surface area contributed by atoms with Crippen LogP contribution in [0.3, 0.4) is 0 Å². The Bertz CT molecular complexity index is 1040. The van der Waals surface area contributed by atoms with Gasteiger partial charge in [-0.05, 0) is 56.5 Å². The molecule has 1 aliphatic rings. The van der Waals surface area contributed by atoms with E-state index in [0.717, 1.165) is 18.5 Å². The molecule has 0 bridgehead atoms. The van der Waals surface area contributed by atoms with Crippen molar-refractivity contribution in [3.8, 4) is 11.5 Å². The molecular formula is C21H21N3O3. The Hall–Kier alpha value is -3.15. The maximum Gasteiger partial charge on any atom is 0.267 e. The molecule has 1 aliphatic heterocycles. The highest BCUT2D eigenvalue weighted by Gasteiger charge is 2.28. The summed E-state index contributed by atoms with van der Waals surface area (Å²) >= 11 is 0.